The first-order valence-corrected chi connectivity index (χ1v) is 9.01. The van der Waals surface area contributed by atoms with Gasteiger partial charge in [-0.25, -0.2) is 0 Å². The highest BCUT2D eigenvalue weighted by Gasteiger charge is 2.16. The summed E-state index contributed by atoms with van der Waals surface area (Å²) in [4.78, 5) is 16.8. The highest BCUT2D eigenvalue weighted by molar-refractivity contribution is 7.17. The van der Waals surface area contributed by atoms with Gasteiger partial charge >= 0.3 is 0 Å². The SMILES string of the molecule is O=C(Nc1cccnc1)c1cc2sccc2n1CCc1ccccc1. The van der Waals surface area contributed by atoms with Crippen LogP contribution in [0, 0.1) is 0 Å². The summed E-state index contributed by atoms with van der Waals surface area (Å²) in [5.74, 6) is -0.107. The Labute approximate surface area is 149 Å². The molecule has 0 saturated carbocycles. The maximum absolute atomic E-state index is 12.8. The molecule has 5 heteroatoms. The number of nitrogens with zero attached hydrogens (tertiary/aromatic N) is 2. The Hall–Kier alpha value is -2.92. The van der Waals surface area contributed by atoms with Crippen molar-refractivity contribution < 1.29 is 4.79 Å². The number of hydrogen-bond donors (Lipinski definition) is 1. The zero-order chi connectivity index (χ0) is 17.1. The zero-order valence-electron chi connectivity index (χ0n) is 13.6. The second-order valence-corrected chi connectivity index (χ2v) is 6.73. The lowest BCUT2D eigenvalue weighted by molar-refractivity contribution is 0.101. The molecular weight excluding hydrogens is 330 g/mol. The standard InChI is InChI=1S/C20H17N3OS/c24-20(22-16-7-4-10-21-14-16)18-13-19-17(9-12-25-19)23(18)11-8-15-5-2-1-3-6-15/h1-7,9-10,12-14H,8,11H2,(H,22,24). The van der Waals surface area contributed by atoms with E-state index in [9.17, 15) is 4.79 Å². The van der Waals surface area contributed by atoms with Gasteiger partial charge in [0.2, 0.25) is 0 Å². The molecule has 4 rings (SSSR count). The number of carbonyl (C=O) groups excluding carboxylic acids is 1. The molecule has 0 saturated heterocycles. The summed E-state index contributed by atoms with van der Waals surface area (Å²) in [6.45, 7) is 0.764. The van der Waals surface area contributed by atoms with Gasteiger partial charge < -0.3 is 9.88 Å². The average Bonchev–Trinajstić information content (AvgIpc) is 3.23. The third-order valence-corrected chi connectivity index (χ3v) is 4.99. The van der Waals surface area contributed by atoms with E-state index in [0.717, 1.165) is 23.2 Å². The summed E-state index contributed by atoms with van der Waals surface area (Å²) < 4.78 is 3.23. The Morgan fingerprint density at radius 1 is 1.12 bits per heavy atom. The molecule has 4 nitrogen and oxygen atoms in total. The molecule has 124 valence electrons. The molecule has 0 fully saturated rings. The number of hydrogen-bond acceptors (Lipinski definition) is 3. The van der Waals surface area contributed by atoms with Crippen LogP contribution < -0.4 is 5.32 Å². The predicted octanol–water partition coefficient (Wildman–Crippen LogP) is 4.59. The summed E-state index contributed by atoms with van der Waals surface area (Å²) in [7, 11) is 0. The fourth-order valence-electron chi connectivity index (χ4n) is 2.92. The molecule has 0 radical (unpaired) electrons. The van der Waals surface area contributed by atoms with Crippen molar-refractivity contribution in [3.05, 3.63) is 83.6 Å². The topological polar surface area (TPSA) is 46.9 Å². The molecule has 0 aliphatic heterocycles. The fraction of sp³-hybridized carbons (Fsp3) is 0.100. The number of pyridine rings is 1. The number of thiophene rings is 1. The lowest BCUT2D eigenvalue weighted by Gasteiger charge is -2.11. The zero-order valence-corrected chi connectivity index (χ0v) is 14.4. The van der Waals surface area contributed by atoms with Gasteiger partial charge in [0.15, 0.2) is 0 Å². The largest absolute Gasteiger partial charge is 0.335 e. The Kier molecular flexibility index (Phi) is 4.31. The van der Waals surface area contributed by atoms with Crippen LogP contribution in [0.1, 0.15) is 16.1 Å². The van der Waals surface area contributed by atoms with Gasteiger partial charge in [-0.15, -0.1) is 11.3 Å². The van der Waals surface area contributed by atoms with E-state index in [1.54, 1.807) is 23.7 Å². The van der Waals surface area contributed by atoms with Crippen LogP contribution in [-0.4, -0.2) is 15.5 Å². The van der Waals surface area contributed by atoms with Crippen LogP contribution in [0.15, 0.2) is 72.4 Å². The van der Waals surface area contributed by atoms with E-state index in [4.69, 9.17) is 0 Å². The van der Waals surface area contributed by atoms with Crippen molar-refractivity contribution in [1.82, 2.24) is 9.55 Å². The van der Waals surface area contributed by atoms with Crippen LogP contribution in [0.4, 0.5) is 5.69 Å². The molecule has 1 N–H and O–H groups in total. The van der Waals surface area contributed by atoms with Crippen molar-refractivity contribution in [2.24, 2.45) is 0 Å². The molecule has 4 aromatic rings. The van der Waals surface area contributed by atoms with E-state index in [-0.39, 0.29) is 5.91 Å². The van der Waals surface area contributed by atoms with Crippen molar-refractivity contribution in [3.63, 3.8) is 0 Å². The van der Waals surface area contributed by atoms with Crippen molar-refractivity contribution in [2.75, 3.05) is 5.32 Å². The number of carbonyl (C=O) groups is 1. The number of benzene rings is 1. The number of fused-ring (bicyclic) bond motifs is 1. The molecule has 3 heterocycles. The lowest BCUT2D eigenvalue weighted by Crippen LogP contribution is -2.17. The third kappa shape index (κ3) is 3.32. The summed E-state index contributed by atoms with van der Waals surface area (Å²) in [6, 6.07) is 18.0. The van der Waals surface area contributed by atoms with E-state index in [2.05, 4.69) is 38.4 Å². The van der Waals surface area contributed by atoms with E-state index in [1.807, 2.05) is 36.4 Å². The molecule has 0 aliphatic rings. The highest BCUT2D eigenvalue weighted by atomic mass is 32.1. The number of nitrogens with one attached hydrogen (secondary N) is 1. The Morgan fingerprint density at radius 3 is 2.80 bits per heavy atom. The molecule has 25 heavy (non-hydrogen) atoms. The maximum atomic E-state index is 12.8. The van der Waals surface area contributed by atoms with Crippen LogP contribution >= 0.6 is 11.3 Å². The molecule has 0 aliphatic carbocycles. The Bertz CT molecular complexity index is 990. The first kappa shape index (κ1) is 15.6. The molecule has 0 bridgehead atoms. The Morgan fingerprint density at radius 2 is 2.00 bits per heavy atom. The quantitative estimate of drug-likeness (QED) is 0.574. The fourth-order valence-corrected chi connectivity index (χ4v) is 3.75. The molecule has 1 aromatic carbocycles. The van der Waals surface area contributed by atoms with Crippen molar-refractivity contribution in [3.8, 4) is 0 Å². The molecule has 0 unspecified atom stereocenters. The van der Waals surface area contributed by atoms with Gasteiger partial charge in [0.1, 0.15) is 5.69 Å². The van der Waals surface area contributed by atoms with Crippen molar-refractivity contribution >= 4 is 33.1 Å². The van der Waals surface area contributed by atoms with E-state index < -0.39 is 0 Å². The molecular formula is C20H17N3OS. The first-order chi connectivity index (χ1) is 12.3. The van der Waals surface area contributed by atoms with Crippen LogP contribution in [0.3, 0.4) is 0 Å². The van der Waals surface area contributed by atoms with E-state index in [1.165, 1.54) is 5.56 Å². The third-order valence-electron chi connectivity index (χ3n) is 4.14. The molecule has 3 aromatic heterocycles. The lowest BCUT2D eigenvalue weighted by atomic mass is 10.1. The Balaban J connectivity index is 1.62. The van der Waals surface area contributed by atoms with Gasteiger partial charge in [0.05, 0.1) is 22.1 Å². The number of aryl methyl sites for hydroxylation is 2. The average molecular weight is 347 g/mol. The van der Waals surface area contributed by atoms with Crippen LogP contribution in [-0.2, 0) is 13.0 Å². The normalized spacial score (nSPS) is 10.9. The minimum Gasteiger partial charge on any atom is -0.335 e. The number of rotatable bonds is 5. The van der Waals surface area contributed by atoms with E-state index in [0.29, 0.717) is 11.4 Å². The number of anilines is 1. The number of amides is 1. The van der Waals surface area contributed by atoms with Gasteiger partial charge in [-0.05, 0) is 41.6 Å². The summed E-state index contributed by atoms with van der Waals surface area (Å²) in [5.41, 5.74) is 3.75. The second kappa shape index (κ2) is 6.91. The first-order valence-electron chi connectivity index (χ1n) is 8.13. The summed E-state index contributed by atoms with van der Waals surface area (Å²) >= 11 is 1.65. The van der Waals surface area contributed by atoms with Gasteiger partial charge in [0.25, 0.3) is 5.91 Å². The monoisotopic (exact) mass is 347 g/mol. The van der Waals surface area contributed by atoms with Crippen LogP contribution in [0.5, 0.6) is 0 Å². The molecule has 0 spiro atoms. The minimum absolute atomic E-state index is 0.107. The van der Waals surface area contributed by atoms with Crippen molar-refractivity contribution in [1.29, 1.82) is 0 Å². The summed E-state index contributed by atoms with van der Waals surface area (Å²) in [6.07, 6.45) is 4.22. The van der Waals surface area contributed by atoms with Crippen LogP contribution in [0.25, 0.3) is 10.2 Å². The molecule has 1 amide bonds. The predicted molar refractivity (Wildman–Crippen MR) is 102 cm³/mol. The van der Waals surface area contributed by atoms with Gasteiger partial charge in [0, 0.05) is 12.7 Å². The van der Waals surface area contributed by atoms with Crippen LogP contribution in [0.2, 0.25) is 0 Å². The van der Waals surface area contributed by atoms with Gasteiger partial charge in [-0.1, -0.05) is 30.3 Å². The maximum Gasteiger partial charge on any atom is 0.272 e. The highest BCUT2D eigenvalue weighted by Crippen LogP contribution is 2.26. The smallest absolute Gasteiger partial charge is 0.272 e. The second-order valence-electron chi connectivity index (χ2n) is 5.78. The van der Waals surface area contributed by atoms with Gasteiger partial charge in [-0.2, -0.15) is 0 Å². The number of aromatic nitrogens is 2. The summed E-state index contributed by atoms with van der Waals surface area (Å²) in [5, 5.41) is 4.99. The van der Waals surface area contributed by atoms with E-state index >= 15 is 0 Å². The minimum atomic E-state index is -0.107. The van der Waals surface area contributed by atoms with Gasteiger partial charge in [-0.3, -0.25) is 9.78 Å². The van der Waals surface area contributed by atoms with Crippen molar-refractivity contribution in [2.45, 2.75) is 13.0 Å². The molecule has 0 atom stereocenters.